The van der Waals surface area contributed by atoms with Crippen molar-refractivity contribution in [3.8, 4) is 5.75 Å². The lowest BCUT2D eigenvalue weighted by atomic mass is 10.3. The molecule has 0 aliphatic rings. The smallest absolute Gasteiger partial charge is 0.360 e. The minimum absolute atomic E-state index is 0.0515. The van der Waals surface area contributed by atoms with Crippen LogP contribution in [0.3, 0.4) is 0 Å². The third kappa shape index (κ3) is 1.84. The van der Waals surface area contributed by atoms with Gasteiger partial charge in [0.2, 0.25) is 0 Å². The van der Waals surface area contributed by atoms with Gasteiger partial charge in [-0.3, -0.25) is 0 Å². The van der Waals surface area contributed by atoms with Crippen LogP contribution in [0.1, 0.15) is 10.5 Å². The number of methoxy groups -OCH3 is 1. The van der Waals surface area contributed by atoms with Gasteiger partial charge in [0.15, 0.2) is 5.69 Å². The fourth-order valence-electron chi connectivity index (χ4n) is 0.675. The standard InChI is InChI=1S/C7H6INO3/c1-12-7(11)6-4(10)2-3-5(8)9-6/h2-3,10H,1H3. The number of nitrogens with zero attached hydrogens (tertiary/aromatic N) is 1. The summed E-state index contributed by atoms with van der Waals surface area (Å²) in [5.41, 5.74) is -0.0515. The number of carbonyl (C=O) groups is 1. The highest BCUT2D eigenvalue weighted by molar-refractivity contribution is 14.1. The first-order chi connectivity index (χ1) is 5.65. The van der Waals surface area contributed by atoms with E-state index in [0.717, 1.165) is 0 Å². The van der Waals surface area contributed by atoms with E-state index in [9.17, 15) is 4.79 Å². The van der Waals surface area contributed by atoms with Gasteiger partial charge in [0.25, 0.3) is 0 Å². The molecule has 1 heterocycles. The summed E-state index contributed by atoms with van der Waals surface area (Å²) >= 11 is 1.94. The number of hydrogen-bond acceptors (Lipinski definition) is 4. The van der Waals surface area contributed by atoms with Crippen molar-refractivity contribution in [3.63, 3.8) is 0 Å². The van der Waals surface area contributed by atoms with Crippen molar-refractivity contribution in [2.75, 3.05) is 7.11 Å². The molecule has 0 unspecified atom stereocenters. The summed E-state index contributed by atoms with van der Waals surface area (Å²) in [4.78, 5) is 14.7. The van der Waals surface area contributed by atoms with Crippen molar-refractivity contribution in [1.82, 2.24) is 4.98 Å². The minimum atomic E-state index is -0.633. The highest BCUT2D eigenvalue weighted by Gasteiger charge is 2.12. The highest BCUT2D eigenvalue weighted by Crippen LogP contribution is 2.16. The molecule has 64 valence electrons. The first-order valence-corrected chi connectivity index (χ1v) is 4.17. The average molecular weight is 279 g/mol. The zero-order valence-corrected chi connectivity index (χ0v) is 8.40. The Bertz CT molecular complexity index is 314. The Balaban J connectivity index is 3.13. The molecule has 1 aromatic rings. The Morgan fingerprint density at radius 2 is 2.33 bits per heavy atom. The Morgan fingerprint density at radius 3 is 2.92 bits per heavy atom. The lowest BCUT2D eigenvalue weighted by molar-refractivity contribution is 0.0590. The molecule has 0 spiro atoms. The molecule has 1 rings (SSSR count). The van der Waals surface area contributed by atoms with Crippen molar-refractivity contribution in [2.45, 2.75) is 0 Å². The molecule has 0 amide bonds. The van der Waals surface area contributed by atoms with Crippen LogP contribution < -0.4 is 0 Å². The van der Waals surface area contributed by atoms with Crippen molar-refractivity contribution in [1.29, 1.82) is 0 Å². The van der Waals surface area contributed by atoms with Crippen LogP contribution in [-0.2, 0) is 4.74 Å². The van der Waals surface area contributed by atoms with E-state index in [4.69, 9.17) is 5.11 Å². The number of aromatic hydroxyl groups is 1. The molecule has 0 fully saturated rings. The Kier molecular flexibility index (Phi) is 2.85. The first kappa shape index (κ1) is 9.24. The van der Waals surface area contributed by atoms with E-state index in [1.54, 1.807) is 6.07 Å². The van der Waals surface area contributed by atoms with Gasteiger partial charge in [-0.15, -0.1) is 0 Å². The molecule has 0 aliphatic carbocycles. The fourth-order valence-corrected chi connectivity index (χ4v) is 1.10. The molecule has 1 aromatic heterocycles. The molecule has 0 saturated heterocycles. The van der Waals surface area contributed by atoms with Gasteiger partial charge in [0.05, 0.1) is 7.11 Å². The van der Waals surface area contributed by atoms with Crippen LogP contribution >= 0.6 is 22.6 Å². The second-order valence-corrected chi connectivity index (χ2v) is 3.10. The summed E-state index contributed by atoms with van der Waals surface area (Å²) in [7, 11) is 1.24. The Hall–Kier alpha value is -0.850. The van der Waals surface area contributed by atoms with Crippen LogP contribution in [0.5, 0.6) is 5.75 Å². The zero-order valence-electron chi connectivity index (χ0n) is 6.24. The third-order valence-corrected chi connectivity index (χ3v) is 1.82. The third-order valence-electron chi connectivity index (χ3n) is 1.22. The number of halogens is 1. The van der Waals surface area contributed by atoms with Gasteiger partial charge >= 0.3 is 5.97 Å². The average Bonchev–Trinajstić information content (AvgIpc) is 2.08. The van der Waals surface area contributed by atoms with E-state index in [1.165, 1.54) is 13.2 Å². The molecule has 4 nitrogen and oxygen atoms in total. The van der Waals surface area contributed by atoms with Crippen LogP contribution in [0.2, 0.25) is 0 Å². The van der Waals surface area contributed by atoms with E-state index in [0.29, 0.717) is 3.70 Å². The quantitative estimate of drug-likeness (QED) is 0.476. The molecular weight excluding hydrogens is 273 g/mol. The molecule has 0 aliphatic heterocycles. The molecule has 0 radical (unpaired) electrons. The van der Waals surface area contributed by atoms with Crippen LogP contribution in [0, 0.1) is 3.70 Å². The van der Waals surface area contributed by atoms with Gasteiger partial charge in [-0.1, -0.05) is 0 Å². The number of esters is 1. The molecule has 12 heavy (non-hydrogen) atoms. The molecular formula is C7H6INO3. The predicted octanol–water partition coefficient (Wildman–Crippen LogP) is 1.18. The summed E-state index contributed by atoms with van der Waals surface area (Å²) in [6.45, 7) is 0. The monoisotopic (exact) mass is 279 g/mol. The normalized spacial score (nSPS) is 9.50. The summed E-state index contributed by atoms with van der Waals surface area (Å²) < 4.78 is 5.04. The van der Waals surface area contributed by atoms with Gasteiger partial charge in [0, 0.05) is 0 Å². The number of hydrogen-bond donors (Lipinski definition) is 1. The van der Waals surface area contributed by atoms with Gasteiger partial charge in [-0.05, 0) is 34.7 Å². The maximum absolute atomic E-state index is 10.9. The first-order valence-electron chi connectivity index (χ1n) is 3.09. The lowest BCUT2D eigenvalue weighted by Crippen LogP contribution is -2.05. The maximum atomic E-state index is 10.9. The summed E-state index contributed by atoms with van der Waals surface area (Å²) in [6.07, 6.45) is 0. The van der Waals surface area contributed by atoms with Crippen molar-refractivity contribution >= 4 is 28.6 Å². The molecule has 0 bridgehead atoms. The highest BCUT2D eigenvalue weighted by atomic mass is 127. The van der Waals surface area contributed by atoms with E-state index in [2.05, 4.69) is 9.72 Å². The van der Waals surface area contributed by atoms with E-state index in [1.807, 2.05) is 22.6 Å². The maximum Gasteiger partial charge on any atom is 0.360 e. The SMILES string of the molecule is COC(=O)c1nc(I)ccc1O. The van der Waals surface area contributed by atoms with Crippen LogP contribution in [-0.4, -0.2) is 23.2 Å². The molecule has 5 heteroatoms. The molecule has 1 N–H and O–H groups in total. The Labute approximate surface area is 82.7 Å². The molecule has 0 atom stereocenters. The predicted molar refractivity (Wildman–Crippen MR) is 50.0 cm³/mol. The number of carbonyl (C=O) groups excluding carboxylic acids is 1. The van der Waals surface area contributed by atoms with Crippen LogP contribution in [0.15, 0.2) is 12.1 Å². The fraction of sp³-hybridized carbons (Fsp3) is 0.143. The van der Waals surface area contributed by atoms with Gasteiger partial charge in [0.1, 0.15) is 9.45 Å². The summed E-state index contributed by atoms with van der Waals surface area (Å²) in [5, 5.41) is 9.17. The second kappa shape index (κ2) is 3.70. The van der Waals surface area contributed by atoms with Crippen molar-refractivity contribution in [3.05, 3.63) is 21.5 Å². The van der Waals surface area contributed by atoms with Gasteiger partial charge in [-0.25, -0.2) is 9.78 Å². The van der Waals surface area contributed by atoms with Crippen molar-refractivity contribution in [2.24, 2.45) is 0 Å². The van der Waals surface area contributed by atoms with E-state index < -0.39 is 5.97 Å². The molecule has 0 aromatic carbocycles. The number of pyridine rings is 1. The van der Waals surface area contributed by atoms with E-state index in [-0.39, 0.29) is 11.4 Å². The van der Waals surface area contributed by atoms with Crippen LogP contribution in [0.4, 0.5) is 0 Å². The summed E-state index contributed by atoms with van der Waals surface area (Å²) in [6, 6.07) is 3.00. The van der Waals surface area contributed by atoms with Gasteiger partial charge < -0.3 is 9.84 Å². The minimum Gasteiger partial charge on any atom is -0.505 e. The largest absolute Gasteiger partial charge is 0.505 e. The summed E-state index contributed by atoms with van der Waals surface area (Å²) in [5.74, 6) is -0.798. The second-order valence-electron chi connectivity index (χ2n) is 1.99. The Morgan fingerprint density at radius 1 is 1.67 bits per heavy atom. The van der Waals surface area contributed by atoms with Gasteiger partial charge in [-0.2, -0.15) is 0 Å². The van der Waals surface area contributed by atoms with Crippen LogP contribution in [0.25, 0.3) is 0 Å². The number of rotatable bonds is 1. The zero-order chi connectivity index (χ0) is 9.14. The topological polar surface area (TPSA) is 59.4 Å². The lowest BCUT2D eigenvalue weighted by Gasteiger charge is -2.00. The van der Waals surface area contributed by atoms with E-state index >= 15 is 0 Å². The number of aromatic nitrogens is 1. The molecule has 0 saturated carbocycles. The number of ether oxygens (including phenoxy) is 1. The van der Waals surface area contributed by atoms with Crippen molar-refractivity contribution < 1.29 is 14.6 Å².